The Kier molecular flexibility index (Phi) is 9.14. The predicted octanol–water partition coefficient (Wildman–Crippen LogP) is 1.74. The summed E-state index contributed by atoms with van der Waals surface area (Å²) < 4.78 is 5.39. The zero-order valence-corrected chi connectivity index (χ0v) is 15.5. The van der Waals surface area contributed by atoms with Crippen molar-refractivity contribution in [2.24, 2.45) is 10.7 Å². The first-order valence-electron chi connectivity index (χ1n) is 7.61. The van der Waals surface area contributed by atoms with E-state index in [0.717, 1.165) is 57.1 Å². The summed E-state index contributed by atoms with van der Waals surface area (Å²) in [6.07, 6.45) is 4.06. The minimum absolute atomic E-state index is 0. The van der Waals surface area contributed by atoms with Crippen LogP contribution in [0, 0.1) is 0 Å². The summed E-state index contributed by atoms with van der Waals surface area (Å²) in [5, 5.41) is 3.13. The van der Waals surface area contributed by atoms with E-state index in [-0.39, 0.29) is 24.0 Å². The first-order valence-corrected chi connectivity index (χ1v) is 7.61. The number of rotatable bonds is 6. The highest BCUT2D eigenvalue weighted by atomic mass is 127. The van der Waals surface area contributed by atoms with Crippen molar-refractivity contribution in [2.75, 3.05) is 37.7 Å². The smallest absolute Gasteiger partial charge is 0.188 e. The van der Waals surface area contributed by atoms with E-state index in [1.165, 1.54) is 0 Å². The number of morpholine rings is 1. The predicted molar refractivity (Wildman–Crippen MR) is 101 cm³/mol. The summed E-state index contributed by atoms with van der Waals surface area (Å²) >= 11 is 0. The fourth-order valence-electron chi connectivity index (χ4n) is 2.23. The molecule has 0 radical (unpaired) electrons. The highest BCUT2D eigenvalue weighted by molar-refractivity contribution is 14.0. The lowest BCUT2D eigenvalue weighted by atomic mass is 10.2. The van der Waals surface area contributed by atoms with Crippen LogP contribution in [0.1, 0.15) is 25.3 Å². The van der Waals surface area contributed by atoms with Crippen LogP contribution in [0.3, 0.4) is 0 Å². The zero-order chi connectivity index (χ0) is 14.9. The number of hydrogen-bond donors (Lipinski definition) is 2. The van der Waals surface area contributed by atoms with Crippen LogP contribution in [0.2, 0.25) is 0 Å². The zero-order valence-electron chi connectivity index (χ0n) is 13.1. The van der Waals surface area contributed by atoms with Crippen molar-refractivity contribution in [1.82, 2.24) is 10.3 Å². The maximum atomic E-state index is 5.88. The number of pyridine rings is 1. The minimum Gasteiger partial charge on any atom is -0.378 e. The molecule has 0 aromatic carbocycles. The van der Waals surface area contributed by atoms with E-state index < -0.39 is 0 Å². The maximum Gasteiger partial charge on any atom is 0.188 e. The van der Waals surface area contributed by atoms with Crippen LogP contribution in [0.25, 0.3) is 0 Å². The van der Waals surface area contributed by atoms with Crippen LogP contribution in [0.5, 0.6) is 0 Å². The Morgan fingerprint density at radius 3 is 2.95 bits per heavy atom. The number of nitrogens with two attached hydrogens (primary N) is 1. The van der Waals surface area contributed by atoms with Gasteiger partial charge in [0.05, 0.1) is 19.8 Å². The van der Waals surface area contributed by atoms with Gasteiger partial charge in [-0.25, -0.2) is 9.98 Å². The number of ether oxygens (including phenoxy) is 1. The molecule has 1 aliphatic heterocycles. The Balaban J connectivity index is 0.00000242. The third-order valence-electron chi connectivity index (χ3n) is 3.43. The van der Waals surface area contributed by atoms with Crippen LogP contribution in [0.15, 0.2) is 23.3 Å². The summed E-state index contributed by atoms with van der Waals surface area (Å²) in [6.45, 7) is 6.82. The number of halogens is 1. The molecule has 124 valence electrons. The van der Waals surface area contributed by atoms with Crippen molar-refractivity contribution in [3.63, 3.8) is 0 Å². The fourth-order valence-corrected chi connectivity index (χ4v) is 2.23. The minimum atomic E-state index is 0. The molecule has 0 aliphatic carbocycles. The summed E-state index contributed by atoms with van der Waals surface area (Å²) in [5.41, 5.74) is 6.97. The second-order valence-corrected chi connectivity index (χ2v) is 5.07. The molecule has 1 saturated heterocycles. The summed E-state index contributed by atoms with van der Waals surface area (Å²) in [4.78, 5) is 11.1. The van der Waals surface area contributed by atoms with Gasteiger partial charge in [-0.2, -0.15) is 0 Å². The van der Waals surface area contributed by atoms with Crippen LogP contribution < -0.4 is 16.0 Å². The number of aromatic nitrogens is 1. The number of unbranched alkanes of at least 4 members (excludes halogenated alkanes) is 1. The molecule has 1 aliphatic rings. The van der Waals surface area contributed by atoms with Crippen molar-refractivity contribution in [1.29, 1.82) is 0 Å². The summed E-state index contributed by atoms with van der Waals surface area (Å²) in [6, 6.07) is 4.00. The topological polar surface area (TPSA) is 75.8 Å². The molecular formula is C15H26IN5O. The Hall–Kier alpha value is -1.09. The van der Waals surface area contributed by atoms with E-state index in [0.29, 0.717) is 12.5 Å². The van der Waals surface area contributed by atoms with Gasteiger partial charge in [-0.15, -0.1) is 24.0 Å². The van der Waals surface area contributed by atoms with Crippen molar-refractivity contribution in [2.45, 2.75) is 26.3 Å². The van der Waals surface area contributed by atoms with Gasteiger partial charge in [0.1, 0.15) is 5.82 Å². The maximum absolute atomic E-state index is 5.88. The quantitative estimate of drug-likeness (QED) is 0.318. The number of nitrogens with zero attached hydrogens (tertiary/aromatic N) is 3. The molecule has 0 saturated carbocycles. The number of hydrogen-bond acceptors (Lipinski definition) is 4. The van der Waals surface area contributed by atoms with Crippen LogP contribution in [-0.4, -0.2) is 43.8 Å². The second kappa shape index (κ2) is 10.6. The van der Waals surface area contributed by atoms with E-state index in [1.807, 2.05) is 12.3 Å². The van der Waals surface area contributed by atoms with Gasteiger partial charge in [-0.1, -0.05) is 19.4 Å². The van der Waals surface area contributed by atoms with Gasteiger partial charge >= 0.3 is 0 Å². The van der Waals surface area contributed by atoms with Crippen LogP contribution in [0.4, 0.5) is 5.82 Å². The van der Waals surface area contributed by atoms with Crippen LogP contribution in [-0.2, 0) is 11.3 Å². The average molecular weight is 419 g/mol. The molecule has 0 atom stereocenters. The summed E-state index contributed by atoms with van der Waals surface area (Å²) in [7, 11) is 0. The van der Waals surface area contributed by atoms with Gasteiger partial charge in [0.25, 0.3) is 0 Å². The van der Waals surface area contributed by atoms with Gasteiger partial charge in [-0.3, -0.25) is 0 Å². The van der Waals surface area contributed by atoms with Crippen molar-refractivity contribution >= 4 is 35.8 Å². The molecule has 0 amide bonds. The third-order valence-corrected chi connectivity index (χ3v) is 3.43. The molecule has 6 nitrogen and oxygen atoms in total. The molecule has 2 heterocycles. The SMILES string of the molecule is CCCCNC(N)=NCc1cccnc1N1CCOCC1.I. The number of guanidine groups is 1. The normalized spacial score (nSPS) is 15.3. The van der Waals surface area contributed by atoms with Crippen molar-refractivity contribution < 1.29 is 4.74 Å². The fraction of sp³-hybridized carbons (Fsp3) is 0.600. The molecule has 2 rings (SSSR count). The van der Waals surface area contributed by atoms with Gasteiger partial charge in [0.2, 0.25) is 0 Å². The molecule has 22 heavy (non-hydrogen) atoms. The number of anilines is 1. The largest absolute Gasteiger partial charge is 0.378 e. The van der Waals surface area contributed by atoms with E-state index in [9.17, 15) is 0 Å². The lowest BCUT2D eigenvalue weighted by molar-refractivity contribution is 0.122. The molecule has 1 fully saturated rings. The van der Waals surface area contributed by atoms with Crippen molar-refractivity contribution in [3.8, 4) is 0 Å². The standard InChI is InChI=1S/C15H25N5O.HI/c1-2-3-6-18-15(16)19-12-13-5-4-7-17-14(13)20-8-10-21-11-9-20;/h4-5,7H,2-3,6,8-12H2,1H3,(H3,16,18,19);1H. The Labute approximate surface area is 149 Å². The molecule has 1 aromatic heterocycles. The molecule has 0 unspecified atom stereocenters. The van der Waals surface area contributed by atoms with Gasteiger partial charge in [0.15, 0.2) is 5.96 Å². The van der Waals surface area contributed by atoms with E-state index in [1.54, 1.807) is 0 Å². The molecule has 7 heteroatoms. The van der Waals surface area contributed by atoms with E-state index in [2.05, 4.69) is 33.2 Å². The number of aliphatic imine (C=N–C) groups is 1. The first kappa shape index (κ1) is 19.0. The van der Waals surface area contributed by atoms with E-state index in [4.69, 9.17) is 10.5 Å². The summed E-state index contributed by atoms with van der Waals surface area (Å²) in [5.74, 6) is 1.49. The molecule has 0 bridgehead atoms. The molecular weight excluding hydrogens is 393 g/mol. The molecule has 3 N–H and O–H groups in total. The highest BCUT2D eigenvalue weighted by Gasteiger charge is 2.15. The third kappa shape index (κ3) is 5.96. The Morgan fingerprint density at radius 1 is 1.45 bits per heavy atom. The lowest BCUT2D eigenvalue weighted by Gasteiger charge is -2.29. The van der Waals surface area contributed by atoms with Crippen LogP contribution >= 0.6 is 24.0 Å². The molecule has 1 aromatic rings. The lowest BCUT2D eigenvalue weighted by Crippen LogP contribution is -2.37. The Bertz CT molecular complexity index is 463. The Morgan fingerprint density at radius 2 is 2.23 bits per heavy atom. The monoisotopic (exact) mass is 419 g/mol. The van der Waals surface area contributed by atoms with Crippen molar-refractivity contribution in [3.05, 3.63) is 23.9 Å². The van der Waals surface area contributed by atoms with E-state index >= 15 is 0 Å². The van der Waals surface area contributed by atoms with Gasteiger partial charge < -0.3 is 20.7 Å². The average Bonchev–Trinajstić information content (AvgIpc) is 2.54. The van der Waals surface area contributed by atoms with Gasteiger partial charge in [-0.05, 0) is 12.5 Å². The van der Waals surface area contributed by atoms with Gasteiger partial charge in [0, 0.05) is 31.4 Å². The highest BCUT2D eigenvalue weighted by Crippen LogP contribution is 2.19. The number of nitrogens with one attached hydrogen (secondary N) is 1. The molecule has 0 spiro atoms. The first-order chi connectivity index (χ1) is 10.3. The second-order valence-electron chi connectivity index (χ2n) is 5.07.